The first-order chi connectivity index (χ1) is 7.07. The third-order valence-electron chi connectivity index (χ3n) is 1.28. The summed E-state index contributed by atoms with van der Waals surface area (Å²) in [5.74, 6) is -0.256. The zero-order valence-electron chi connectivity index (χ0n) is 8.21. The van der Waals surface area contributed by atoms with E-state index in [1.165, 1.54) is 0 Å². The van der Waals surface area contributed by atoms with Gasteiger partial charge in [-0.05, 0) is 19.1 Å². The van der Waals surface area contributed by atoms with E-state index in [2.05, 4.69) is 5.14 Å². The maximum absolute atomic E-state index is 11.0. The normalized spacial score (nSPS) is 10.9. The van der Waals surface area contributed by atoms with Crippen LogP contribution in [0, 0.1) is 0 Å². The number of esters is 1. The van der Waals surface area contributed by atoms with Crippen LogP contribution >= 0.6 is 0 Å². The third kappa shape index (κ3) is 7.80. The molecule has 0 saturated heterocycles. The van der Waals surface area contributed by atoms with Crippen LogP contribution in [0.1, 0.15) is 17.3 Å². The second-order valence-electron chi connectivity index (χ2n) is 2.35. The predicted molar refractivity (Wildman–Crippen MR) is 55.5 cm³/mol. The molecule has 0 fully saturated rings. The smallest absolute Gasteiger partial charge is 0.338 e. The number of hydrogen-bond donors (Lipinski definition) is 1. The van der Waals surface area contributed by atoms with E-state index in [1.54, 1.807) is 19.1 Å². The molecule has 1 aromatic carbocycles. The quantitative estimate of drug-likeness (QED) is 0.594. The Morgan fingerprint density at radius 2 is 1.93 bits per heavy atom. The highest BCUT2D eigenvalue weighted by Crippen LogP contribution is 1.99. The van der Waals surface area contributed by atoms with Crippen molar-refractivity contribution < 1.29 is 18.3 Å². The average Bonchev–Trinajstić information content (AvgIpc) is 2.19. The zero-order valence-corrected chi connectivity index (χ0v) is 9.03. The monoisotopic (exact) mass is 230 g/mol. The zero-order chi connectivity index (χ0) is 11.7. The first-order valence-corrected chi connectivity index (χ1v) is 5.27. The highest BCUT2D eigenvalue weighted by atomic mass is 32.2. The number of carbonyl (C=O) groups excluding carboxylic acids is 1. The molecule has 1 aromatic rings. The highest BCUT2D eigenvalue weighted by molar-refractivity contribution is 7.76. The third-order valence-corrected chi connectivity index (χ3v) is 1.28. The molecule has 84 valence electrons. The number of carbonyl (C=O) groups is 1. The summed E-state index contributed by atoms with van der Waals surface area (Å²) in [6.45, 7) is 2.22. The molecule has 0 radical (unpaired) electrons. The lowest BCUT2D eigenvalue weighted by molar-refractivity contribution is 0.0526. The predicted octanol–water partition coefficient (Wildman–Crippen LogP) is 0.603. The summed E-state index contributed by atoms with van der Waals surface area (Å²) >= 11 is -2.36. The van der Waals surface area contributed by atoms with Crippen LogP contribution in [-0.2, 0) is 16.0 Å². The van der Waals surface area contributed by atoms with E-state index in [-0.39, 0.29) is 5.97 Å². The van der Waals surface area contributed by atoms with Crippen molar-refractivity contribution >= 4 is 17.2 Å². The molecule has 6 heteroatoms. The molecule has 1 unspecified atom stereocenters. The van der Waals surface area contributed by atoms with Crippen LogP contribution in [0.3, 0.4) is 0 Å². The second-order valence-corrected chi connectivity index (χ2v) is 2.87. The molecule has 15 heavy (non-hydrogen) atoms. The van der Waals surface area contributed by atoms with Gasteiger partial charge in [-0.25, -0.2) is 4.79 Å². The van der Waals surface area contributed by atoms with Crippen LogP contribution < -0.4 is 5.14 Å². The van der Waals surface area contributed by atoms with E-state index < -0.39 is 11.3 Å². The second kappa shape index (κ2) is 8.10. The van der Waals surface area contributed by atoms with E-state index in [1.807, 2.05) is 18.2 Å². The van der Waals surface area contributed by atoms with Crippen molar-refractivity contribution in [3.63, 3.8) is 0 Å². The maximum Gasteiger partial charge on any atom is 0.338 e. The summed E-state index contributed by atoms with van der Waals surface area (Å²) in [6, 6.07) is 8.96. The molecule has 1 atom stereocenters. The SMILES string of the molecule is CCOC(=O)c1ccccc1.NS(=O)[O-]. The van der Waals surface area contributed by atoms with Crippen molar-refractivity contribution in [3.05, 3.63) is 35.9 Å². The first-order valence-electron chi connectivity index (χ1n) is 4.13. The van der Waals surface area contributed by atoms with Crippen molar-refractivity contribution in [3.8, 4) is 0 Å². The van der Waals surface area contributed by atoms with Gasteiger partial charge in [0.15, 0.2) is 0 Å². The average molecular weight is 230 g/mol. The number of ether oxygens (including phenoxy) is 1. The summed E-state index contributed by atoms with van der Waals surface area (Å²) in [5, 5.41) is 4.03. The molecular weight excluding hydrogens is 218 g/mol. The molecular formula is C9H12NO4S-. The van der Waals surface area contributed by atoms with Gasteiger partial charge in [-0.2, -0.15) is 0 Å². The molecule has 0 amide bonds. The Bertz CT molecular complexity index is 311. The molecule has 0 saturated carbocycles. The van der Waals surface area contributed by atoms with Gasteiger partial charge in [0.25, 0.3) is 0 Å². The lowest BCUT2D eigenvalue weighted by atomic mass is 10.2. The van der Waals surface area contributed by atoms with E-state index in [9.17, 15) is 4.79 Å². The van der Waals surface area contributed by atoms with Crippen LogP contribution in [0.5, 0.6) is 0 Å². The molecule has 0 aliphatic heterocycles. The molecule has 0 aromatic heterocycles. The topological polar surface area (TPSA) is 92.5 Å². The lowest BCUT2D eigenvalue weighted by Crippen LogP contribution is -2.03. The Kier molecular flexibility index (Phi) is 7.43. The van der Waals surface area contributed by atoms with Crippen LogP contribution in [0.2, 0.25) is 0 Å². The van der Waals surface area contributed by atoms with E-state index in [4.69, 9.17) is 13.5 Å². The van der Waals surface area contributed by atoms with Crippen molar-refractivity contribution in [2.75, 3.05) is 6.61 Å². The van der Waals surface area contributed by atoms with Gasteiger partial charge in [-0.15, -0.1) is 0 Å². The van der Waals surface area contributed by atoms with Gasteiger partial charge in [0.05, 0.1) is 12.2 Å². The van der Waals surface area contributed by atoms with Crippen LogP contribution in [0.15, 0.2) is 30.3 Å². The first kappa shape index (κ1) is 13.8. The summed E-state index contributed by atoms with van der Waals surface area (Å²) in [5.41, 5.74) is 0.606. The maximum atomic E-state index is 11.0. The van der Waals surface area contributed by atoms with Gasteiger partial charge in [0.1, 0.15) is 0 Å². The number of nitrogens with two attached hydrogens (primary N) is 1. The van der Waals surface area contributed by atoms with E-state index in [0.29, 0.717) is 12.2 Å². The minimum absolute atomic E-state index is 0.256. The van der Waals surface area contributed by atoms with Gasteiger partial charge in [-0.1, -0.05) is 18.2 Å². The molecule has 0 bridgehead atoms. The Balaban J connectivity index is 0.000000423. The van der Waals surface area contributed by atoms with Crippen LogP contribution in [0.4, 0.5) is 0 Å². The Hall–Kier alpha value is -1.24. The Labute approximate surface area is 90.7 Å². The van der Waals surface area contributed by atoms with E-state index in [0.717, 1.165) is 0 Å². The summed E-state index contributed by atoms with van der Waals surface area (Å²) in [7, 11) is 0. The molecule has 0 aliphatic rings. The highest BCUT2D eigenvalue weighted by Gasteiger charge is 2.02. The molecule has 0 heterocycles. The molecule has 0 aliphatic carbocycles. The van der Waals surface area contributed by atoms with Crippen LogP contribution in [0.25, 0.3) is 0 Å². The fourth-order valence-corrected chi connectivity index (χ4v) is 0.789. The largest absolute Gasteiger partial charge is 0.760 e. The minimum Gasteiger partial charge on any atom is -0.760 e. The number of hydrogen-bond acceptors (Lipinski definition) is 4. The van der Waals surface area contributed by atoms with E-state index >= 15 is 0 Å². The molecule has 5 nitrogen and oxygen atoms in total. The summed E-state index contributed by atoms with van der Waals surface area (Å²) in [4.78, 5) is 11.0. The molecule has 1 rings (SSSR count). The fourth-order valence-electron chi connectivity index (χ4n) is 0.789. The van der Waals surface area contributed by atoms with Crippen molar-refractivity contribution in [1.82, 2.24) is 0 Å². The number of rotatable bonds is 2. The van der Waals surface area contributed by atoms with Crippen molar-refractivity contribution in [2.24, 2.45) is 5.14 Å². The lowest BCUT2D eigenvalue weighted by Gasteiger charge is -1.99. The van der Waals surface area contributed by atoms with Crippen molar-refractivity contribution in [1.29, 1.82) is 0 Å². The Morgan fingerprint density at radius 3 is 2.33 bits per heavy atom. The van der Waals surface area contributed by atoms with Gasteiger partial charge in [0.2, 0.25) is 0 Å². The number of benzene rings is 1. The minimum atomic E-state index is -2.36. The van der Waals surface area contributed by atoms with Gasteiger partial charge in [0, 0.05) is 11.3 Å². The molecule has 0 spiro atoms. The summed E-state index contributed by atoms with van der Waals surface area (Å²) < 4.78 is 22.3. The Morgan fingerprint density at radius 1 is 1.47 bits per heavy atom. The van der Waals surface area contributed by atoms with Gasteiger partial charge in [-0.3, -0.25) is 9.35 Å². The van der Waals surface area contributed by atoms with Crippen LogP contribution in [-0.4, -0.2) is 21.3 Å². The molecule has 2 N–H and O–H groups in total. The summed E-state index contributed by atoms with van der Waals surface area (Å²) in [6.07, 6.45) is 0. The van der Waals surface area contributed by atoms with Gasteiger partial charge < -0.3 is 9.29 Å². The standard InChI is InChI=1S/C9H10O2.H3NO2S/c1-2-11-9(10)8-6-4-3-5-7-8;1-4(2)3/h3-7H,2H2,1H3;1H2,(H,2,3)/p-1. The fraction of sp³-hybridized carbons (Fsp3) is 0.222. The van der Waals surface area contributed by atoms with Crippen molar-refractivity contribution in [2.45, 2.75) is 6.92 Å². The van der Waals surface area contributed by atoms with Gasteiger partial charge >= 0.3 is 5.97 Å².